The smallest absolute Gasteiger partial charge is 0.336 e. The molecule has 86 valence electrons. The van der Waals surface area contributed by atoms with Crippen molar-refractivity contribution >= 4 is 11.5 Å². The Balaban J connectivity index is 3.06. The van der Waals surface area contributed by atoms with Crippen molar-refractivity contribution in [2.24, 2.45) is 0 Å². The van der Waals surface area contributed by atoms with Crippen LogP contribution in [0, 0.1) is 11.3 Å². The molecule has 1 aromatic rings. The number of hydrogen-bond donors (Lipinski definition) is 1. The van der Waals surface area contributed by atoms with Crippen molar-refractivity contribution in [3.8, 4) is 6.07 Å². The number of nitriles is 1. The van der Waals surface area contributed by atoms with Crippen molar-refractivity contribution in [2.45, 2.75) is 13.3 Å². The number of carboxylic acid groups (broad SMARTS) is 1. The van der Waals surface area contributed by atoms with Crippen molar-refractivity contribution in [2.75, 3.05) is 0 Å². The molecule has 1 N–H and O–H groups in total. The number of carboxylic acids is 1. The van der Waals surface area contributed by atoms with E-state index in [-0.39, 0.29) is 5.57 Å². The molecule has 0 aliphatic heterocycles. The molecule has 1 rings (SSSR count). The van der Waals surface area contributed by atoms with E-state index in [2.05, 4.69) is 0 Å². The minimum Gasteiger partial charge on any atom is -0.478 e. The Labute approximate surface area is 100 Å². The topological polar surface area (TPSA) is 61.1 Å². The van der Waals surface area contributed by atoms with Gasteiger partial charge < -0.3 is 5.11 Å². The van der Waals surface area contributed by atoms with Gasteiger partial charge in [0.25, 0.3) is 0 Å². The number of allylic oxidation sites excluding steroid dienone is 3. The summed E-state index contributed by atoms with van der Waals surface area (Å²) in [6, 6.07) is 8.48. The number of hydrogen-bond acceptors (Lipinski definition) is 2. The molecule has 0 atom stereocenters. The highest BCUT2D eigenvalue weighted by molar-refractivity contribution is 6.15. The lowest BCUT2D eigenvalue weighted by Crippen LogP contribution is -1.99. The summed E-state index contributed by atoms with van der Waals surface area (Å²) in [5.74, 6) is -0.976. The van der Waals surface area contributed by atoms with Crippen LogP contribution in [0.25, 0.3) is 5.57 Å². The SMILES string of the molecule is CC/C=C/C=C(/C(=O)O)c1ccc(C#N)cc1. The first kappa shape index (κ1) is 12.7. The lowest BCUT2D eigenvalue weighted by atomic mass is 10.0. The number of aliphatic carboxylic acids is 1. The zero-order chi connectivity index (χ0) is 12.7. The molecule has 0 unspecified atom stereocenters. The van der Waals surface area contributed by atoms with Crippen LogP contribution < -0.4 is 0 Å². The standard InChI is InChI=1S/C14H13NO2/c1-2-3-4-5-13(14(16)17)12-8-6-11(10-15)7-9-12/h3-9H,2H2,1H3,(H,16,17)/b4-3+,13-5+. The summed E-state index contributed by atoms with van der Waals surface area (Å²) in [6.07, 6.45) is 6.03. The van der Waals surface area contributed by atoms with Crippen LogP contribution in [0.1, 0.15) is 24.5 Å². The van der Waals surface area contributed by atoms with E-state index in [9.17, 15) is 4.79 Å². The largest absolute Gasteiger partial charge is 0.478 e. The van der Waals surface area contributed by atoms with Gasteiger partial charge in [0.15, 0.2) is 0 Å². The summed E-state index contributed by atoms with van der Waals surface area (Å²) >= 11 is 0. The van der Waals surface area contributed by atoms with E-state index in [0.29, 0.717) is 11.1 Å². The van der Waals surface area contributed by atoms with Crippen LogP contribution in [0.3, 0.4) is 0 Å². The predicted molar refractivity (Wildman–Crippen MR) is 66.2 cm³/mol. The first-order chi connectivity index (χ1) is 8.19. The molecule has 0 aliphatic carbocycles. The second-order valence-corrected chi connectivity index (χ2v) is 3.41. The highest BCUT2D eigenvalue weighted by Gasteiger charge is 2.08. The van der Waals surface area contributed by atoms with Gasteiger partial charge in [0.2, 0.25) is 0 Å². The Bertz CT molecular complexity index is 490. The average Bonchev–Trinajstić information content (AvgIpc) is 2.34. The maximum atomic E-state index is 11.1. The van der Waals surface area contributed by atoms with Gasteiger partial charge in [0.1, 0.15) is 0 Å². The third-order valence-electron chi connectivity index (χ3n) is 2.19. The minimum atomic E-state index is -0.976. The van der Waals surface area contributed by atoms with Crippen molar-refractivity contribution < 1.29 is 9.90 Å². The summed E-state index contributed by atoms with van der Waals surface area (Å²) in [6.45, 7) is 1.98. The zero-order valence-corrected chi connectivity index (χ0v) is 9.55. The quantitative estimate of drug-likeness (QED) is 0.635. The van der Waals surface area contributed by atoms with Gasteiger partial charge in [-0.2, -0.15) is 5.26 Å². The van der Waals surface area contributed by atoms with E-state index in [4.69, 9.17) is 10.4 Å². The summed E-state index contributed by atoms with van der Waals surface area (Å²) in [5, 5.41) is 17.7. The van der Waals surface area contributed by atoms with Crippen LogP contribution in [0.4, 0.5) is 0 Å². The Kier molecular flexibility index (Phi) is 4.71. The number of nitrogens with zero attached hydrogens (tertiary/aromatic N) is 1. The fourth-order valence-corrected chi connectivity index (χ4v) is 1.32. The van der Waals surface area contributed by atoms with Gasteiger partial charge in [-0.15, -0.1) is 0 Å². The third kappa shape index (κ3) is 3.62. The van der Waals surface area contributed by atoms with Crippen LogP contribution in [-0.4, -0.2) is 11.1 Å². The molecule has 0 heterocycles. The van der Waals surface area contributed by atoms with E-state index in [1.165, 1.54) is 0 Å². The Morgan fingerprint density at radius 3 is 2.53 bits per heavy atom. The molecule has 0 bridgehead atoms. The molecular formula is C14H13NO2. The van der Waals surface area contributed by atoms with Gasteiger partial charge in [-0.25, -0.2) is 4.79 Å². The predicted octanol–water partition coefficient (Wildman–Crippen LogP) is 2.99. The second kappa shape index (κ2) is 6.29. The van der Waals surface area contributed by atoms with Gasteiger partial charge in [-0.05, 0) is 30.2 Å². The van der Waals surface area contributed by atoms with Crippen LogP contribution >= 0.6 is 0 Å². The monoisotopic (exact) mass is 227 g/mol. The average molecular weight is 227 g/mol. The Morgan fingerprint density at radius 2 is 2.06 bits per heavy atom. The molecule has 0 saturated carbocycles. The molecule has 3 nitrogen and oxygen atoms in total. The van der Waals surface area contributed by atoms with Crippen LogP contribution in [0.2, 0.25) is 0 Å². The fraction of sp³-hybridized carbons (Fsp3) is 0.143. The van der Waals surface area contributed by atoms with Crippen LogP contribution in [0.15, 0.2) is 42.5 Å². The lowest BCUT2D eigenvalue weighted by Gasteiger charge is -2.01. The molecule has 0 spiro atoms. The molecule has 0 aliphatic rings. The molecule has 17 heavy (non-hydrogen) atoms. The van der Waals surface area contributed by atoms with Gasteiger partial charge in [-0.3, -0.25) is 0 Å². The maximum Gasteiger partial charge on any atom is 0.336 e. The van der Waals surface area contributed by atoms with Crippen molar-refractivity contribution in [3.05, 3.63) is 53.6 Å². The summed E-state index contributed by atoms with van der Waals surface area (Å²) in [5.41, 5.74) is 1.33. The van der Waals surface area contributed by atoms with E-state index in [1.807, 2.05) is 19.1 Å². The molecule has 1 aromatic carbocycles. The summed E-state index contributed by atoms with van der Waals surface area (Å²) < 4.78 is 0. The van der Waals surface area contributed by atoms with Crippen molar-refractivity contribution in [1.82, 2.24) is 0 Å². The Morgan fingerprint density at radius 1 is 1.41 bits per heavy atom. The minimum absolute atomic E-state index is 0.221. The molecule has 0 fully saturated rings. The van der Waals surface area contributed by atoms with Crippen molar-refractivity contribution in [3.63, 3.8) is 0 Å². The molecule has 0 saturated heterocycles. The summed E-state index contributed by atoms with van der Waals surface area (Å²) in [4.78, 5) is 11.1. The molecular weight excluding hydrogens is 214 g/mol. The normalized spacial score (nSPS) is 11.4. The van der Waals surface area contributed by atoms with Gasteiger partial charge in [-0.1, -0.05) is 31.2 Å². The molecule has 0 amide bonds. The third-order valence-corrected chi connectivity index (χ3v) is 2.19. The van der Waals surface area contributed by atoms with E-state index in [0.717, 1.165) is 6.42 Å². The maximum absolute atomic E-state index is 11.1. The zero-order valence-electron chi connectivity index (χ0n) is 9.55. The first-order valence-corrected chi connectivity index (χ1v) is 5.29. The van der Waals surface area contributed by atoms with E-state index < -0.39 is 5.97 Å². The molecule has 0 aromatic heterocycles. The van der Waals surface area contributed by atoms with Crippen LogP contribution in [-0.2, 0) is 4.79 Å². The fourth-order valence-electron chi connectivity index (χ4n) is 1.32. The van der Waals surface area contributed by atoms with E-state index in [1.54, 1.807) is 36.4 Å². The van der Waals surface area contributed by atoms with E-state index >= 15 is 0 Å². The van der Waals surface area contributed by atoms with Crippen LogP contribution in [0.5, 0.6) is 0 Å². The Hall–Kier alpha value is -2.34. The molecule has 3 heteroatoms. The van der Waals surface area contributed by atoms with Gasteiger partial charge in [0.05, 0.1) is 17.2 Å². The number of benzene rings is 1. The number of carbonyl (C=O) groups is 1. The summed E-state index contributed by atoms with van der Waals surface area (Å²) in [7, 11) is 0. The highest BCUT2D eigenvalue weighted by atomic mass is 16.4. The van der Waals surface area contributed by atoms with Crippen molar-refractivity contribution in [1.29, 1.82) is 5.26 Å². The number of rotatable bonds is 4. The lowest BCUT2D eigenvalue weighted by molar-refractivity contribution is -0.130. The molecule has 0 radical (unpaired) electrons. The highest BCUT2D eigenvalue weighted by Crippen LogP contribution is 2.15. The first-order valence-electron chi connectivity index (χ1n) is 5.29. The van der Waals surface area contributed by atoms with Gasteiger partial charge in [0, 0.05) is 0 Å². The van der Waals surface area contributed by atoms with Gasteiger partial charge >= 0.3 is 5.97 Å². The second-order valence-electron chi connectivity index (χ2n) is 3.41.